The summed E-state index contributed by atoms with van der Waals surface area (Å²) in [6.07, 6.45) is 3.65. The van der Waals surface area contributed by atoms with Crippen LogP contribution < -0.4 is 5.32 Å². The number of nitrogens with one attached hydrogen (secondary N) is 1. The molecule has 0 aliphatic rings. The number of rotatable bonds is 8. The van der Waals surface area contributed by atoms with Crippen molar-refractivity contribution in [2.75, 3.05) is 0 Å². The molecule has 0 atom stereocenters. The highest BCUT2D eigenvalue weighted by Crippen LogP contribution is 2.18. The van der Waals surface area contributed by atoms with Crippen molar-refractivity contribution in [2.45, 2.75) is 39.3 Å². The SMILES string of the molecule is Cc1ccc(Cn2c(CCCC(=O)NCc3ccccc3Cl)nc3cccnc32)cc1. The number of nitrogens with zero attached hydrogens (tertiary/aromatic N) is 3. The van der Waals surface area contributed by atoms with E-state index in [1.807, 2.05) is 36.4 Å². The minimum absolute atomic E-state index is 0.0132. The van der Waals surface area contributed by atoms with Gasteiger partial charge in [-0.2, -0.15) is 0 Å². The molecule has 2 heterocycles. The molecule has 158 valence electrons. The van der Waals surface area contributed by atoms with E-state index in [2.05, 4.69) is 46.1 Å². The Balaban J connectivity index is 1.40. The van der Waals surface area contributed by atoms with Crippen LogP contribution in [0.15, 0.2) is 66.9 Å². The summed E-state index contributed by atoms with van der Waals surface area (Å²) < 4.78 is 2.15. The number of fused-ring (bicyclic) bond motifs is 1. The van der Waals surface area contributed by atoms with Gasteiger partial charge < -0.3 is 9.88 Å². The first-order valence-corrected chi connectivity index (χ1v) is 10.8. The van der Waals surface area contributed by atoms with E-state index in [0.29, 0.717) is 37.4 Å². The molecule has 1 N–H and O–H groups in total. The summed E-state index contributed by atoms with van der Waals surface area (Å²) in [5.41, 5.74) is 5.12. The van der Waals surface area contributed by atoms with Crippen molar-refractivity contribution in [3.8, 4) is 0 Å². The van der Waals surface area contributed by atoms with Crippen molar-refractivity contribution in [3.05, 3.63) is 94.4 Å². The van der Waals surface area contributed by atoms with Crippen molar-refractivity contribution >= 4 is 28.7 Å². The first-order valence-electron chi connectivity index (χ1n) is 10.5. The number of benzene rings is 2. The van der Waals surface area contributed by atoms with E-state index in [4.69, 9.17) is 16.6 Å². The van der Waals surface area contributed by atoms with Gasteiger partial charge >= 0.3 is 0 Å². The van der Waals surface area contributed by atoms with Crippen molar-refractivity contribution < 1.29 is 4.79 Å². The van der Waals surface area contributed by atoms with Gasteiger partial charge in [-0.3, -0.25) is 4.79 Å². The van der Waals surface area contributed by atoms with Gasteiger partial charge in [-0.05, 0) is 42.7 Å². The van der Waals surface area contributed by atoms with Gasteiger partial charge in [-0.15, -0.1) is 0 Å². The van der Waals surface area contributed by atoms with Gasteiger partial charge in [0, 0.05) is 30.6 Å². The van der Waals surface area contributed by atoms with Crippen LogP contribution in [-0.2, 0) is 24.3 Å². The number of hydrogen-bond acceptors (Lipinski definition) is 3. The lowest BCUT2D eigenvalue weighted by atomic mass is 10.1. The third kappa shape index (κ3) is 5.30. The van der Waals surface area contributed by atoms with E-state index in [9.17, 15) is 4.79 Å². The molecule has 4 rings (SSSR count). The molecule has 0 saturated carbocycles. The van der Waals surface area contributed by atoms with Gasteiger partial charge in [0.05, 0.1) is 6.54 Å². The number of amides is 1. The second-order valence-electron chi connectivity index (χ2n) is 7.67. The molecular weight excluding hydrogens is 408 g/mol. The Bertz CT molecular complexity index is 1180. The lowest BCUT2D eigenvalue weighted by Gasteiger charge is -2.10. The van der Waals surface area contributed by atoms with Gasteiger partial charge in [0.1, 0.15) is 11.3 Å². The topological polar surface area (TPSA) is 59.8 Å². The van der Waals surface area contributed by atoms with E-state index < -0.39 is 0 Å². The number of pyridine rings is 1. The lowest BCUT2D eigenvalue weighted by molar-refractivity contribution is -0.121. The average Bonchev–Trinajstić information content (AvgIpc) is 3.12. The number of aromatic nitrogens is 3. The van der Waals surface area contributed by atoms with E-state index in [1.54, 1.807) is 6.20 Å². The second kappa shape index (κ2) is 9.75. The van der Waals surface area contributed by atoms with Crippen LogP contribution in [0.5, 0.6) is 0 Å². The van der Waals surface area contributed by atoms with Crippen molar-refractivity contribution in [2.24, 2.45) is 0 Å². The largest absolute Gasteiger partial charge is 0.352 e. The zero-order chi connectivity index (χ0) is 21.6. The molecule has 5 nitrogen and oxygen atoms in total. The van der Waals surface area contributed by atoms with Crippen LogP contribution in [0, 0.1) is 6.92 Å². The summed E-state index contributed by atoms with van der Waals surface area (Å²) in [6.45, 7) is 3.23. The van der Waals surface area contributed by atoms with Crippen LogP contribution in [0.25, 0.3) is 11.2 Å². The van der Waals surface area contributed by atoms with Crippen LogP contribution in [0.1, 0.15) is 35.4 Å². The van der Waals surface area contributed by atoms with Crippen molar-refractivity contribution in [1.82, 2.24) is 19.9 Å². The first-order chi connectivity index (χ1) is 15.1. The predicted octanol–water partition coefficient (Wildman–Crippen LogP) is 5.08. The molecule has 0 saturated heterocycles. The highest BCUT2D eigenvalue weighted by atomic mass is 35.5. The summed E-state index contributed by atoms with van der Waals surface area (Å²) in [6, 6.07) is 19.9. The molecule has 31 heavy (non-hydrogen) atoms. The Morgan fingerprint density at radius 1 is 1.06 bits per heavy atom. The molecular formula is C25H25ClN4O. The van der Waals surface area contributed by atoms with Crippen molar-refractivity contribution in [3.63, 3.8) is 0 Å². The minimum Gasteiger partial charge on any atom is -0.352 e. The van der Waals surface area contributed by atoms with Crippen LogP contribution in [-0.4, -0.2) is 20.4 Å². The predicted molar refractivity (Wildman–Crippen MR) is 124 cm³/mol. The van der Waals surface area contributed by atoms with Gasteiger partial charge in [0.25, 0.3) is 0 Å². The summed E-state index contributed by atoms with van der Waals surface area (Å²) in [4.78, 5) is 21.6. The highest BCUT2D eigenvalue weighted by Gasteiger charge is 2.13. The number of carbonyl (C=O) groups excluding carboxylic acids is 1. The van der Waals surface area contributed by atoms with Crippen LogP contribution in [0.4, 0.5) is 0 Å². The molecule has 0 radical (unpaired) electrons. The molecule has 2 aromatic carbocycles. The Labute approximate surface area is 187 Å². The van der Waals surface area contributed by atoms with Gasteiger partial charge in [0.15, 0.2) is 5.65 Å². The third-order valence-electron chi connectivity index (χ3n) is 5.28. The quantitative estimate of drug-likeness (QED) is 0.422. The Hall–Kier alpha value is -3.18. The smallest absolute Gasteiger partial charge is 0.220 e. The zero-order valence-corrected chi connectivity index (χ0v) is 18.3. The standard InChI is InChI=1S/C25H25ClN4O/c1-18-11-13-19(14-12-18)17-30-23(29-22-8-5-15-27-25(22)30)9-4-10-24(31)28-16-20-6-2-3-7-21(20)26/h2-3,5-8,11-15H,4,9-10,16-17H2,1H3,(H,28,31). The second-order valence-corrected chi connectivity index (χ2v) is 8.07. The molecule has 6 heteroatoms. The van der Waals surface area contributed by atoms with Gasteiger partial charge in [0.2, 0.25) is 5.91 Å². The average molecular weight is 433 g/mol. The van der Waals surface area contributed by atoms with Gasteiger partial charge in [-0.25, -0.2) is 9.97 Å². The zero-order valence-electron chi connectivity index (χ0n) is 17.5. The highest BCUT2D eigenvalue weighted by molar-refractivity contribution is 6.31. The fourth-order valence-electron chi connectivity index (χ4n) is 3.57. The fraction of sp³-hybridized carbons (Fsp3) is 0.240. The molecule has 4 aromatic rings. The Morgan fingerprint density at radius 2 is 1.87 bits per heavy atom. The number of hydrogen-bond donors (Lipinski definition) is 1. The first kappa shape index (κ1) is 21.1. The summed E-state index contributed by atoms with van der Waals surface area (Å²) in [5, 5.41) is 3.62. The molecule has 0 bridgehead atoms. The van der Waals surface area contributed by atoms with Crippen LogP contribution in [0.3, 0.4) is 0 Å². The monoisotopic (exact) mass is 432 g/mol. The molecule has 1 amide bonds. The third-order valence-corrected chi connectivity index (χ3v) is 5.65. The van der Waals surface area contributed by atoms with E-state index in [1.165, 1.54) is 11.1 Å². The Kier molecular flexibility index (Phi) is 6.63. The summed E-state index contributed by atoms with van der Waals surface area (Å²) in [7, 11) is 0. The molecule has 0 aliphatic heterocycles. The molecule has 0 spiro atoms. The van der Waals surface area contributed by atoms with E-state index >= 15 is 0 Å². The Morgan fingerprint density at radius 3 is 2.68 bits per heavy atom. The van der Waals surface area contributed by atoms with Crippen molar-refractivity contribution in [1.29, 1.82) is 0 Å². The minimum atomic E-state index is 0.0132. The van der Waals surface area contributed by atoms with Crippen LogP contribution >= 0.6 is 11.6 Å². The lowest BCUT2D eigenvalue weighted by Crippen LogP contribution is -2.22. The van der Waals surface area contributed by atoms with E-state index in [0.717, 1.165) is 22.6 Å². The number of carbonyl (C=O) groups is 1. The van der Waals surface area contributed by atoms with Crippen LogP contribution in [0.2, 0.25) is 5.02 Å². The molecule has 0 unspecified atom stereocenters. The maximum absolute atomic E-state index is 12.3. The molecule has 0 fully saturated rings. The maximum atomic E-state index is 12.3. The summed E-state index contributed by atoms with van der Waals surface area (Å²) >= 11 is 6.16. The fourth-order valence-corrected chi connectivity index (χ4v) is 3.77. The number of halogens is 1. The molecule has 2 aromatic heterocycles. The maximum Gasteiger partial charge on any atom is 0.220 e. The van der Waals surface area contributed by atoms with Gasteiger partial charge in [-0.1, -0.05) is 59.6 Å². The molecule has 0 aliphatic carbocycles. The number of imidazole rings is 1. The number of aryl methyl sites for hydroxylation is 2. The normalized spacial score (nSPS) is 11.0. The summed E-state index contributed by atoms with van der Waals surface area (Å²) in [5.74, 6) is 0.965. The van der Waals surface area contributed by atoms with E-state index in [-0.39, 0.29) is 5.91 Å².